The Morgan fingerprint density at radius 1 is 1.48 bits per heavy atom. The second kappa shape index (κ2) is 5.95. The van der Waals surface area contributed by atoms with Crippen molar-refractivity contribution in [3.05, 3.63) is 34.9 Å². The summed E-state index contributed by atoms with van der Waals surface area (Å²) in [6.07, 6.45) is 1.98. The van der Waals surface area contributed by atoms with Crippen LogP contribution in [0.1, 0.15) is 31.4 Å². The standard InChI is InChI=1S/C16H21ClN2O2/c1-16(10-18-11-16)21-9-15(20)19-8-4-7-14(19)12-5-2-3-6-13(12)17/h2-3,5-6,14,18H,4,7-11H2,1H3. The summed E-state index contributed by atoms with van der Waals surface area (Å²) in [6.45, 7) is 4.60. The van der Waals surface area contributed by atoms with Gasteiger partial charge in [-0.1, -0.05) is 29.8 Å². The van der Waals surface area contributed by atoms with Gasteiger partial charge in [0, 0.05) is 24.7 Å². The molecule has 0 aliphatic carbocycles. The van der Waals surface area contributed by atoms with Gasteiger partial charge < -0.3 is 15.0 Å². The minimum atomic E-state index is -0.185. The van der Waals surface area contributed by atoms with Crippen LogP contribution >= 0.6 is 11.6 Å². The predicted octanol–water partition coefficient (Wildman–Crippen LogP) is 2.38. The lowest BCUT2D eigenvalue weighted by molar-refractivity contribution is -0.146. The third-order valence-corrected chi connectivity index (χ3v) is 4.72. The molecule has 1 amide bonds. The van der Waals surface area contributed by atoms with Gasteiger partial charge in [-0.15, -0.1) is 0 Å². The maximum absolute atomic E-state index is 12.5. The molecule has 0 aromatic heterocycles. The van der Waals surface area contributed by atoms with Gasteiger partial charge in [-0.3, -0.25) is 4.79 Å². The van der Waals surface area contributed by atoms with E-state index in [1.807, 2.05) is 36.1 Å². The highest BCUT2D eigenvalue weighted by Gasteiger charge is 2.36. The van der Waals surface area contributed by atoms with E-state index < -0.39 is 0 Å². The van der Waals surface area contributed by atoms with Gasteiger partial charge in [-0.25, -0.2) is 0 Å². The van der Waals surface area contributed by atoms with Crippen molar-refractivity contribution in [2.75, 3.05) is 26.2 Å². The number of hydrogen-bond acceptors (Lipinski definition) is 3. The van der Waals surface area contributed by atoms with Crippen molar-refractivity contribution in [1.82, 2.24) is 10.2 Å². The van der Waals surface area contributed by atoms with E-state index >= 15 is 0 Å². The van der Waals surface area contributed by atoms with E-state index in [0.717, 1.165) is 43.1 Å². The van der Waals surface area contributed by atoms with Gasteiger partial charge in [-0.05, 0) is 31.4 Å². The first-order chi connectivity index (χ1) is 10.1. The van der Waals surface area contributed by atoms with Crippen LogP contribution < -0.4 is 5.32 Å². The van der Waals surface area contributed by atoms with Gasteiger partial charge in [0.1, 0.15) is 6.61 Å². The first-order valence-electron chi connectivity index (χ1n) is 7.48. The molecule has 1 unspecified atom stereocenters. The van der Waals surface area contributed by atoms with E-state index in [1.54, 1.807) is 0 Å². The van der Waals surface area contributed by atoms with Crippen molar-refractivity contribution in [2.45, 2.75) is 31.4 Å². The predicted molar refractivity (Wildman–Crippen MR) is 82.4 cm³/mol. The molecule has 2 aliphatic heterocycles. The Morgan fingerprint density at radius 2 is 2.24 bits per heavy atom. The number of hydrogen-bond donors (Lipinski definition) is 1. The van der Waals surface area contributed by atoms with Crippen LogP contribution in [0.25, 0.3) is 0 Å². The lowest BCUT2D eigenvalue weighted by Crippen LogP contribution is -2.59. The molecule has 5 heteroatoms. The lowest BCUT2D eigenvalue weighted by Gasteiger charge is -2.39. The molecule has 0 bridgehead atoms. The fourth-order valence-corrected chi connectivity index (χ4v) is 3.29. The smallest absolute Gasteiger partial charge is 0.249 e. The number of amides is 1. The summed E-state index contributed by atoms with van der Waals surface area (Å²) in [5.74, 6) is 0.0607. The molecule has 0 radical (unpaired) electrons. The molecule has 4 nitrogen and oxygen atoms in total. The molecule has 0 spiro atoms. The Labute approximate surface area is 130 Å². The summed E-state index contributed by atoms with van der Waals surface area (Å²) in [7, 11) is 0. The molecular formula is C16H21ClN2O2. The Balaban J connectivity index is 1.66. The highest BCUT2D eigenvalue weighted by molar-refractivity contribution is 6.31. The molecule has 2 saturated heterocycles. The maximum atomic E-state index is 12.5. The Hall–Kier alpha value is -1.10. The van der Waals surface area contributed by atoms with Crippen molar-refractivity contribution >= 4 is 17.5 Å². The molecule has 2 aliphatic rings. The topological polar surface area (TPSA) is 41.6 Å². The van der Waals surface area contributed by atoms with Crippen LogP contribution in [0.3, 0.4) is 0 Å². The van der Waals surface area contributed by atoms with Crippen molar-refractivity contribution in [3.8, 4) is 0 Å². The summed E-state index contributed by atoms with van der Waals surface area (Å²) in [5, 5.41) is 3.90. The number of nitrogens with one attached hydrogen (secondary N) is 1. The Bertz CT molecular complexity index is 531. The number of halogens is 1. The summed E-state index contributed by atoms with van der Waals surface area (Å²) >= 11 is 6.28. The van der Waals surface area contributed by atoms with E-state index in [-0.39, 0.29) is 24.2 Å². The van der Waals surface area contributed by atoms with Crippen LogP contribution in [0.15, 0.2) is 24.3 Å². The fraction of sp³-hybridized carbons (Fsp3) is 0.562. The average Bonchev–Trinajstić information content (AvgIpc) is 2.92. The maximum Gasteiger partial charge on any atom is 0.249 e. The number of carbonyl (C=O) groups excluding carboxylic acids is 1. The second-order valence-electron chi connectivity index (χ2n) is 6.11. The van der Waals surface area contributed by atoms with Crippen LogP contribution in [0, 0.1) is 0 Å². The van der Waals surface area contributed by atoms with Gasteiger partial charge in [0.2, 0.25) is 5.91 Å². The minimum absolute atomic E-state index is 0.0607. The molecule has 1 aromatic carbocycles. The molecule has 2 heterocycles. The Kier molecular flexibility index (Phi) is 4.20. The average molecular weight is 309 g/mol. The number of likely N-dealkylation sites (tertiary alicyclic amines) is 1. The zero-order valence-electron chi connectivity index (χ0n) is 12.3. The molecule has 1 aromatic rings. The van der Waals surface area contributed by atoms with Crippen LogP contribution in [0.4, 0.5) is 0 Å². The Morgan fingerprint density at radius 3 is 2.90 bits per heavy atom. The zero-order chi connectivity index (χ0) is 14.9. The fourth-order valence-electron chi connectivity index (χ4n) is 3.03. The largest absolute Gasteiger partial charge is 0.363 e. The van der Waals surface area contributed by atoms with Gasteiger partial charge in [0.25, 0.3) is 0 Å². The van der Waals surface area contributed by atoms with Crippen molar-refractivity contribution in [3.63, 3.8) is 0 Å². The van der Waals surface area contributed by atoms with E-state index in [1.165, 1.54) is 0 Å². The molecule has 1 atom stereocenters. The number of ether oxygens (including phenoxy) is 1. The van der Waals surface area contributed by atoms with E-state index in [9.17, 15) is 4.79 Å². The van der Waals surface area contributed by atoms with Crippen LogP contribution in [0.5, 0.6) is 0 Å². The second-order valence-corrected chi connectivity index (χ2v) is 6.52. The van der Waals surface area contributed by atoms with Crippen LogP contribution in [-0.2, 0) is 9.53 Å². The molecule has 2 fully saturated rings. The normalized spacial score (nSPS) is 23.9. The highest BCUT2D eigenvalue weighted by Crippen LogP contribution is 2.35. The van der Waals surface area contributed by atoms with E-state index in [4.69, 9.17) is 16.3 Å². The summed E-state index contributed by atoms with van der Waals surface area (Å²) in [5.41, 5.74) is 0.858. The zero-order valence-corrected chi connectivity index (χ0v) is 13.0. The van der Waals surface area contributed by atoms with E-state index in [2.05, 4.69) is 5.32 Å². The molecular weight excluding hydrogens is 288 g/mol. The molecule has 21 heavy (non-hydrogen) atoms. The molecule has 114 valence electrons. The quantitative estimate of drug-likeness (QED) is 0.928. The van der Waals surface area contributed by atoms with E-state index in [0.29, 0.717) is 0 Å². The van der Waals surface area contributed by atoms with Crippen molar-refractivity contribution in [1.29, 1.82) is 0 Å². The summed E-state index contributed by atoms with van der Waals surface area (Å²) < 4.78 is 5.77. The van der Waals surface area contributed by atoms with Crippen LogP contribution in [0.2, 0.25) is 5.02 Å². The number of rotatable bonds is 4. The third kappa shape index (κ3) is 3.07. The number of benzene rings is 1. The third-order valence-electron chi connectivity index (χ3n) is 4.38. The first kappa shape index (κ1) is 14.8. The van der Waals surface area contributed by atoms with Crippen molar-refractivity contribution < 1.29 is 9.53 Å². The summed E-state index contributed by atoms with van der Waals surface area (Å²) in [4.78, 5) is 14.4. The summed E-state index contributed by atoms with van der Waals surface area (Å²) in [6, 6.07) is 7.87. The van der Waals surface area contributed by atoms with Gasteiger partial charge in [-0.2, -0.15) is 0 Å². The minimum Gasteiger partial charge on any atom is -0.363 e. The molecule has 0 saturated carbocycles. The van der Waals surface area contributed by atoms with Crippen LogP contribution in [-0.4, -0.2) is 42.6 Å². The van der Waals surface area contributed by atoms with Gasteiger partial charge in [0.05, 0.1) is 11.6 Å². The highest BCUT2D eigenvalue weighted by atomic mass is 35.5. The number of nitrogens with zero attached hydrogens (tertiary/aromatic N) is 1. The first-order valence-corrected chi connectivity index (χ1v) is 7.85. The van der Waals surface area contributed by atoms with Crippen molar-refractivity contribution in [2.24, 2.45) is 0 Å². The monoisotopic (exact) mass is 308 g/mol. The number of carbonyl (C=O) groups is 1. The SMILES string of the molecule is CC1(OCC(=O)N2CCCC2c2ccccc2Cl)CNC1. The lowest BCUT2D eigenvalue weighted by atomic mass is 10.0. The molecule has 1 N–H and O–H groups in total. The van der Waals surface area contributed by atoms with Gasteiger partial charge >= 0.3 is 0 Å². The van der Waals surface area contributed by atoms with Gasteiger partial charge in [0.15, 0.2) is 0 Å². The molecule has 3 rings (SSSR count).